The summed E-state index contributed by atoms with van der Waals surface area (Å²) in [6.07, 6.45) is 10.8. The molecule has 1 amide bonds. The molecule has 0 aliphatic rings. The van der Waals surface area contributed by atoms with Crippen LogP contribution in [0, 0.1) is 0 Å². The first kappa shape index (κ1) is 14.2. The van der Waals surface area contributed by atoms with E-state index in [4.69, 9.17) is 4.84 Å². The van der Waals surface area contributed by atoms with Crippen LogP contribution < -0.4 is 0 Å². The molecule has 88 valence electrons. The summed E-state index contributed by atoms with van der Waals surface area (Å²) in [7, 11) is 3.09. The van der Waals surface area contributed by atoms with Crippen LogP contribution in [0.5, 0.6) is 0 Å². The highest BCUT2D eigenvalue weighted by atomic mass is 16.7. The minimum Gasteiger partial charge on any atom is -0.274 e. The largest absolute Gasteiger partial charge is 0.274 e. The van der Waals surface area contributed by atoms with E-state index in [0.29, 0.717) is 0 Å². The van der Waals surface area contributed by atoms with Crippen LogP contribution in [0.25, 0.3) is 0 Å². The fourth-order valence-electron chi connectivity index (χ4n) is 1.24. The summed E-state index contributed by atoms with van der Waals surface area (Å²) in [6, 6.07) is 0. The van der Waals surface area contributed by atoms with Gasteiger partial charge in [0.2, 0.25) is 0 Å². The highest BCUT2D eigenvalue weighted by Gasteiger charge is 2.00. The summed E-state index contributed by atoms with van der Waals surface area (Å²) in [5.41, 5.74) is 0. The van der Waals surface area contributed by atoms with E-state index in [9.17, 15) is 4.79 Å². The minimum atomic E-state index is -0.106. The summed E-state index contributed by atoms with van der Waals surface area (Å²) in [6.45, 7) is 2.21. The van der Waals surface area contributed by atoms with Crippen molar-refractivity contribution >= 4 is 5.91 Å². The Bertz CT molecular complexity index is 190. The molecule has 3 heteroatoms. The van der Waals surface area contributed by atoms with Crippen molar-refractivity contribution in [3.05, 3.63) is 12.2 Å². The first-order valence-electron chi connectivity index (χ1n) is 5.70. The maximum Gasteiger partial charge on any atom is 0.269 e. The molecule has 0 N–H and O–H groups in total. The van der Waals surface area contributed by atoms with Gasteiger partial charge in [0.05, 0.1) is 7.11 Å². The maximum absolute atomic E-state index is 11.2. The van der Waals surface area contributed by atoms with Gasteiger partial charge in [-0.1, -0.05) is 38.7 Å². The van der Waals surface area contributed by atoms with Crippen molar-refractivity contribution in [2.45, 2.75) is 45.4 Å². The number of hydrogen-bond acceptors (Lipinski definition) is 2. The van der Waals surface area contributed by atoms with Crippen LogP contribution >= 0.6 is 0 Å². The number of likely N-dealkylation sites (N-methyl/N-ethyl adjacent to an activating group) is 1. The smallest absolute Gasteiger partial charge is 0.269 e. The second kappa shape index (κ2) is 9.71. The number of nitrogens with zero attached hydrogens (tertiary/aromatic N) is 1. The van der Waals surface area contributed by atoms with Gasteiger partial charge in [0.25, 0.3) is 5.91 Å². The van der Waals surface area contributed by atoms with Crippen LogP contribution in [0.15, 0.2) is 12.2 Å². The first-order chi connectivity index (χ1) is 7.22. The second-order valence-corrected chi connectivity index (χ2v) is 3.62. The molecule has 0 fully saturated rings. The van der Waals surface area contributed by atoms with E-state index in [-0.39, 0.29) is 5.91 Å². The van der Waals surface area contributed by atoms with Gasteiger partial charge in [-0.05, 0) is 12.8 Å². The molecule has 0 aromatic rings. The predicted molar refractivity (Wildman–Crippen MR) is 62.3 cm³/mol. The number of carbonyl (C=O) groups is 1. The molecule has 0 bridgehead atoms. The average molecular weight is 213 g/mol. The van der Waals surface area contributed by atoms with Gasteiger partial charge < -0.3 is 0 Å². The van der Waals surface area contributed by atoms with Crippen LogP contribution in [0.2, 0.25) is 0 Å². The van der Waals surface area contributed by atoms with Gasteiger partial charge in [-0.25, -0.2) is 5.06 Å². The Hall–Kier alpha value is -0.830. The molecule has 0 heterocycles. The molecule has 0 saturated carbocycles. The molecule has 0 atom stereocenters. The van der Waals surface area contributed by atoms with Crippen molar-refractivity contribution < 1.29 is 9.63 Å². The number of amides is 1. The van der Waals surface area contributed by atoms with E-state index < -0.39 is 0 Å². The Kier molecular flexibility index (Phi) is 9.18. The quantitative estimate of drug-likeness (QED) is 0.352. The highest BCUT2D eigenvalue weighted by molar-refractivity contribution is 5.86. The first-order valence-corrected chi connectivity index (χ1v) is 5.70. The molecule has 0 aromatic carbocycles. The van der Waals surface area contributed by atoms with E-state index in [2.05, 4.69) is 6.92 Å². The van der Waals surface area contributed by atoms with Gasteiger partial charge in [-0.3, -0.25) is 9.63 Å². The van der Waals surface area contributed by atoms with Crippen molar-refractivity contribution in [3.8, 4) is 0 Å². The molecular formula is C12H23NO2. The fourth-order valence-corrected chi connectivity index (χ4v) is 1.24. The number of allylic oxidation sites excluding steroid dienone is 1. The van der Waals surface area contributed by atoms with Gasteiger partial charge in [0, 0.05) is 13.1 Å². The molecule has 0 rings (SSSR count). The molecule has 0 radical (unpaired) electrons. The van der Waals surface area contributed by atoms with Crippen LogP contribution in [0.1, 0.15) is 45.4 Å². The third-order valence-electron chi connectivity index (χ3n) is 2.32. The zero-order chi connectivity index (χ0) is 11.5. The lowest BCUT2D eigenvalue weighted by molar-refractivity contribution is -0.162. The molecule has 0 aliphatic carbocycles. The lowest BCUT2D eigenvalue weighted by Gasteiger charge is -2.09. The molecule has 0 saturated heterocycles. The molecule has 15 heavy (non-hydrogen) atoms. The topological polar surface area (TPSA) is 29.5 Å². The van der Waals surface area contributed by atoms with Crippen molar-refractivity contribution in [1.29, 1.82) is 0 Å². The molecule has 0 aromatic heterocycles. The summed E-state index contributed by atoms with van der Waals surface area (Å²) < 4.78 is 0. The number of hydroxylamine groups is 2. The predicted octanol–water partition coefficient (Wildman–Crippen LogP) is 2.92. The zero-order valence-electron chi connectivity index (χ0n) is 10.2. The van der Waals surface area contributed by atoms with Crippen molar-refractivity contribution in [2.24, 2.45) is 0 Å². The maximum atomic E-state index is 11.2. The van der Waals surface area contributed by atoms with Crippen LogP contribution in [-0.4, -0.2) is 25.1 Å². The van der Waals surface area contributed by atoms with Gasteiger partial charge in [0.15, 0.2) is 0 Å². The van der Waals surface area contributed by atoms with Gasteiger partial charge in [0.1, 0.15) is 0 Å². The summed E-state index contributed by atoms with van der Waals surface area (Å²) in [4.78, 5) is 16.0. The second-order valence-electron chi connectivity index (χ2n) is 3.62. The Morgan fingerprint density at radius 2 is 1.93 bits per heavy atom. The Labute approximate surface area is 93.1 Å². The summed E-state index contributed by atoms with van der Waals surface area (Å²) in [5, 5.41) is 1.22. The van der Waals surface area contributed by atoms with Crippen molar-refractivity contribution in [1.82, 2.24) is 5.06 Å². The molecule has 3 nitrogen and oxygen atoms in total. The van der Waals surface area contributed by atoms with Crippen LogP contribution in [0.3, 0.4) is 0 Å². The normalized spacial score (nSPS) is 10.9. The van der Waals surface area contributed by atoms with Crippen LogP contribution in [-0.2, 0) is 9.63 Å². The van der Waals surface area contributed by atoms with Gasteiger partial charge in [-0.2, -0.15) is 0 Å². The zero-order valence-corrected chi connectivity index (χ0v) is 10.2. The average Bonchev–Trinajstić information content (AvgIpc) is 2.26. The Balaban J connectivity index is 3.41. The van der Waals surface area contributed by atoms with Crippen LogP contribution in [0.4, 0.5) is 0 Å². The Morgan fingerprint density at radius 1 is 1.27 bits per heavy atom. The van der Waals surface area contributed by atoms with E-state index in [1.165, 1.54) is 44.3 Å². The highest BCUT2D eigenvalue weighted by Crippen LogP contribution is 2.05. The SMILES string of the molecule is CCCCCCC/C=C\C(=O)N(C)OC. The van der Waals surface area contributed by atoms with Crippen molar-refractivity contribution in [2.75, 3.05) is 14.2 Å². The molecule has 0 unspecified atom stereocenters. The lowest BCUT2D eigenvalue weighted by atomic mass is 10.1. The number of hydrogen-bond donors (Lipinski definition) is 0. The number of rotatable bonds is 8. The standard InChI is InChI=1S/C12H23NO2/c1-4-5-6-7-8-9-10-11-12(14)13(2)15-3/h10-11H,4-9H2,1-3H3/b11-10-. The molecule has 0 spiro atoms. The fraction of sp³-hybridized carbons (Fsp3) is 0.750. The third kappa shape index (κ3) is 8.18. The van der Waals surface area contributed by atoms with E-state index in [0.717, 1.165) is 6.42 Å². The minimum absolute atomic E-state index is 0.106. The third-order valence-corrected chi connectivity index (χ3v) is 2.32. The number of unbranched alkanes of at least 4 members (excludes halogenated alkanes) is 5. The molecule has 0 aliphatic heterocycles. The number of carbonyl (C=O) groups excluding carboxylic acids is 1. The molecular weight excluding hydrogens is 190 g/mol. The van der Waals surface area contributed by atoms with E-state index in [1.807, 2.05) is 6.08 Å². The summed E-state index contributed by atoms with van der Waals surface area (Å²) >= 11 is 0. The van der Waals surface area contributed by atoms with Gasteiger partial charge >= 0.3 is 0 Å². The Morgan fingerprint density at radius 3 is 2.53 bits per heavy atom. The summed E-state index contributed by atoms with van der Waals surface area (Å²) in [5.74, 6) is -0.106. The monoisotopic (exact) mass is 213 g/mol. The van der Waals surface area contributed by atoms with E-state index >= 15 is 0 Å². The van der Waals surface area contributed by atoms with Crippen molar-refractivity contribution in [3.63, 3.8) is 0 Å². The van der Waals surface area contributed by atoms with Gasteiger partial charge in [-0.15, -0.1) is 0 Å². The lowest BCUT2D eigenvalue weighted by Crippen LogP contribution is -2.22. The van der Waals surface area contributed by atoms with E-state index in [1.54, 1.807) is 13.1 Å².